The van der Waals surface area contributed by atoms with Crippen LogP contribution in [0.4, 0.5) is 0 Å². The van der Waals surface area contributed by atoms with Crippen molar-refractivity contribution in [3.8, 4) is 24.2 Å². The molecule has 0 nitrogen and oxygen atoms in total. The molecule has 0 saturated carbocycles. The monoisotopic (exact) mass is 147 g/mol. The summed E-state index contributed by atoms with van der Waals surface area (Å²) in [6.45, 7) is 2.17. The summed E-state index contributed by atoms with van der Waals surface area (Å²) in [7, 11) is 0. The van der Waals surface area contributed by atoms with Crippen LogP contribution in [0.1, 0.15) is 39.0 Å². The molecule has 0 saturated heterocycles. The molecule has 0 fully saturated rings. The van der Waals surface area contributed by atoms with E-state index in [0.29, 0.717) is 0 Å². The summed E-state index contributed by atoms with van der Waals surface area (Å²) in [4.78, 5) is 0. The van der Waals surface area contributed by atoms with Crippen molar-refractivity contribution in [1.82, 2.24) is 0 Å². The smallest absolute Gasteiger partial charge is 0.0349 e. The lowest BCUT2D eigenvalue weighted by Crippen LogP contribution is -1.71. The Balaban J connectivity index is 3.07. The van der Waals surface area contributed by atoms with Crippen LogP contribution in [0.3, 0.4) is 0 Å². The van der Waals surface area contributed by atoms with E-state index in [4.69, 9.17) is 6.42 Å². The van der Waals surface area contributed by atoms with Crippen molar-refractivity contribution in [1.29, 1.82) is 0 Å². The topological polar surface area (TPSA) is 0 Å². The lowest BCUT2D eigenvalue weighted by molar-refractivity contribution is 0.828. The summed E-state index contributed by atoms with van der Waals surface area (Å²) < 4.78 is 0. The van der Waals surface area contributed by atoms with Crippen LogP contribution in [-0.4, -0.2) is 0 Å². The van der Waals surface area contributed by atoms with Crippen LogP contribution in [-0.2, 0) is 0 Å². The molecule has 11 heavy (non-hydrogen) atoms. The first-order chi connectivity index (χ1) is 5.41. The van der Waals surface area contributed by atoms with Crippen LogP contribution in [0, 0.1) is 30.6 Å². The molecule has 0 spiro atoms. The van der Waals surface area contributed by atoms with Crippen molar-refractivity contribution in [3.63, 3.8) is 0 Å². The van der Waals surface area contributed by atoms with Gasteiger partial charge in [0.15, 0.2) is 0 Å². The van der Waals surface area contributed by atoms with Gasteiger partial charge < -0.3 is 0 Å². The second-order valence-electron chi connectivity index (χ2n) is 2.37. The first kappa shape index (κ1) is 10.1. The molecule has 0 heterocycles. The molecule has 0 rings (SSSR count). The van der Waals surface area contributed by atoms with Gasteiger partial charge in [-0.1, -0.05) is 19.3 Å². The molecular formula is C11H15. The Morgan fingerprint density at radius 2 is 2.18 bits per heavy atom. The summed E-state index contributed by atoms with van der Waals surface area (Å²) in [6.07, 6.45) is 12.2. The third kappa shape index (κ3) is 9.12. The Bertz CT molecular complexity index is 161. The van der Waals surface area contributed by atoms with E-state index < -0.39 is 0 Å². The molecule has 0 heteroatoms. The normalized spacial score (nSPS) is 8.00. The Labute approximate surface area is 70.4 Å². The van der Waals surface area contributed by atoms with Gasteiger partial charge in [-0.2, -0.15) is 0 Å². The highest BCUT2D eigenvalue weighted by molar-refractivity contribution is 5.10. The lowest BCUT2D eigenvalue weighted by atomic mass is 10.2. The zero-order valence-electron chi connectivity index (χ0n) is 7.19. The third-order valence-corrected chi connectivity index (χ3v) is 1.29. The molecule has 0 unspecified atom stereocenters. The van der Waals surface area contributed by atoms with Crippen LogP contribution in [0.2, 0.25) is 0 Å². The van der Waals surface area contributed by atoms with Gasteiger partial charge in [0.2, 0.25) is 0 Å². The van der Waals surface area contributed by atoms with Gasteiger partial charge in [-0.05, 0) is 12.8 Å². The molecule has 0 aromatic heterocycles. The Hall–Kier alpha value is -0.880. The van der Waals surface area contributed by atoms with Gasteiger partial charge in [0.25, 0.3) is 0 Å². The van der Waals surface area contributed by atoms with Crippen molar-refractivity contribution in [3.05, 3.63) is 6.42 Å². The van der Waals surface area contributed by atoms with Crippen LogP contribution >= 0.6 is 0 Å². The predicted octanol–water partition coefficient (Wildman–Crippen LogP) is 2.80. The van der Waals surface area contributed by atoms with Crippen molar-refractivity contribution < 1.29 is 0 Å². The summed E-state index contributed by atoms with van der Waals surface area (Å²) in [5, 5.41) is 0. The van der Waals surface area contributed by atoms with E-state index in [9.17, 15) is 0 Å². The summed E-state index contributed by atoms with van der Waals surface area (Å²) in [5.74, 6) is 8.63. The maximum atomic E-state index is 5.07. The third-order valence-electron chi connectivity index (χ3n) is 1.29. The summed E-state index contributed by atoms with van der Waals surface area (Å²) in [5.41, 5.74) is 0. The molecule has 0 atom stereocenters. The number of hydrogen-bond acceptors (Lipinski definition) is 0. The van der Waals surface area contributed by atoms with Crippen molar-refractivity contribution >= 4 is 0 Å². The van der Waals surface area contributed by atoms with Gasteiger partial charge in [0.05, 0.1) is 0 Å². The fraction of sp³-hybridized carbons (Fsp3) is 0.545. The first-order valence-electron chi connectivity index (χ1n) is 4.15. The number of unbranched alkanes of at least 4 members (excludes halogenated alkanes) is 4. The maximum Gasteiger partial charge on any atom is 0.0349 e. The zero-order chi connectivity index (χ0) is 8.36. The first-order valence-corrected chi connectivity index (χ1v) is 4.15. The molecule has 59 valence electrons. The summed E-state index contributed by atoms with van der Waals surface area (Å²) in [6, 6.07) is 0. The van der Waals surface area contributed by atoms with Gasteiger partial charge in [0, 0.05) is 19.3 Å². The van der Waals surface area contributed by atoms with E-state index in [1.807, 2.05) is 6.42 Å². The molecule has 0 N–H and O–H groups in total. The molecule has 0 bridgehead atoms. The fourth-order valence-corrected chi connectivity index (χ4v) is 0.637. The van der Waals surface area contributed by atoms with E-state index in [1.165, 1.54) is 12.8 Å². The molecule has 0 aliphatic heterocycles. The molecule has 0 aliphatic carbocycles. The maximum absolute atomic E-state index is 5.07. The molecule has 0 aromatic rings. The van der Waals surface area contributed by atoms with E-state index in [0.717, 1.165) is 19.3 Å². The lowest BCUT2D eigenvalue weighted by Gasteiger charge is -1.84. The minimum atomic E-state index is 0.808. The van der Waals surface area contributed by atoms with Crippen molar-refractivity contribution in [2.24, 2.45) is 0 Å². The molecule has 0 aliphatic rings. The van der Waals surface area contributed by atoms with Gasteiger partial charge in [-0.15, -0.1) is 18.3 Å². The largest absolute Gasteiger partial charge is 0.120 e. The predicted molar refractivity (Wildman–Crippen MR) is 49.7 cm³/mol. The van der Waals surface area contributed by atoms with Gasteiger partial charge >= 0.3 is 0 Å². The highest BCUT2D eigenvalue weighted by atomic mass is 13.8. The van der Waals surface area contributed by atoms with E-state index in [2.05, 4.69) is 24.7 Å². The van der Waals surface area contributed by atoms with Crippen LogP contribution in [0.5, 0.6) is 0 Å². The van der Waals surface area contributed by atoms with E-state index >= 15 is 0 Å². The standard InChI is InChI=1S/C11H15/c1-3-5-7-9-11-10-8-6-4-2/h1,9H,4-8H2,2H3. The van der Waals surface area contributed by atoms with E-state index in [1.54, 1.807) is 0 Å². The second-order valence-corrected chi connectivity index (χ2v) is 2.37. The van der Waals surface area contributed by atoms with Gasteiger partial charge in [-0.3, -0.25) is 0 Å². The van der Waals surface area contributed by atoms with Crippen LogP contribution in [0.15, 0.2) is 0 Å². The minimum Gasteiger partial charge on any atom is -0.120 e. The highest BCUT2D eigenvalue weighted by Crippen LogP contribution is 1.93. The Morgan fingerprint density at radius 1 is 1.36 bits per heavy atom. The fourth-order valence-electron chi connectivity index (χ4n) is 0.637. The van der Waals surface area contributed by atoms with Gasteiger partial charge in [-0.25, -0.2) is 0 Å². The van der Waals surface area contributed by atoms with Gasteiger partial charge in [0.1, 0.15) is 0 Å². The van der Waals surface area contributed by atoms with Crippen LogP contribution < -0.4 is 0 Å². The number of terminal acetylenes is 1. The summed E-state index contributed by atoms with van der Waals surface area (Å²) >= 11 is 0. The quantitative estimate of drug-likeness (QED) is 0.423. The average molecular weight is 147 g/mol. The second kappa shape index (κ2) is 9.12. The molecular weight excluding hydrogens is 132 g/mol. The minimum absolute atomic E-state index is 0.808. The average Bonchev–Trinajstić information content (AvgIpc) is 2.03. The molecule has 0 amide bonds. The van der Waals surface area contributed by atoms with E-state index in [-0.39, 0.29) is 0 Å². The SMILES string of the molecule is C#CCC[CH]C#CCCCC. The van der Waals surface area contributed by atoms with Crippen molar-refractivity contribution in [2.45, 2.75) is 39.0 Å². The highest BCUT2D eigenvalue weighted by Gasteiger charge is 1.79. The molecule has 1 radical (unpaired) electrons. The van der Waals surface area contributed by atoms with Crippen molar-refractivity contribution in [2.75, 3.05) is 0 Å². The zero-order valence-corrected chi connectivity index (χ0v) is 7.19. The van der Waals surface area contributed by atoms with Crippen LogP contribution in [0.25, 0.3) is 0 Å². The molecule has 0 aromatic carbocycles. The number of hydrogen-bond donors (Lipinski definition) is 0. The Kier molecular flexibility index (Phi) is 8.39. The number of rotatable bonds is 4. The Morgan fingerprint density at radius 3 is 2.82 bits per heavy atom.